The normalized spacial score (nSPS) is 22.7. The first kappa shape index (κ1) is 10.1. The molecule has 0 bridgehead atoms. The molecule has 0 amide bonds. The molecule has 0 spiro atoms. The smallest absolute Gasteiger partial charge is 0.311 e. The lowest BCUT2D eigenvalue weighted by Gasteiger charge is -2.06. The molecule has 0 aromatic heterocycles. The Hall–Kier alpha value is 0.0499. The second-order valence-corrected chi connectivity index (χ2v) is 3.15. The van der Waals surface area contributed by atoms with Gasteiger partial charge in [-0.2, -0.15) is 0 Å². The molecular formula is C8H16B2O2. The Kier molecular flexibility index (Phi) is 6.49. The second kappa shape index (κ2) is 7.69. The van der Waals surface area contributed by atoms with Crippen LogP contribution in [-0.2, 0) is 9.69 Å². The molecule has 0 unspecified atom stereocenters. The third-order valence-corrected chi connectivity index (χ3v) is 2.00. The Balaban J connectivity index is 0.000000120. The average molecular weight is 166 g/mol. The van der Waals surface area contributed by atoms with Gasteiger partial charge in [-0.25, -0.2) is 0 Å². The lowest BCUT2D eigenvalue weighted by Crippen LogP contribution is -2.08. The Morgan fingerprint density at radius 3 is 1.83 bits per heavy atom. The molecule has 0 N–H and O–H groups in total. The standard InChI is InChI=1S/C5H10B.C3H6BO2/c2*1-2-4-6-5-3-1/h1-5H2;1-3H2. The number of rotatable bonds is 0. The lowest BCUT2D eigenvalue weighted by molar-refractivity contribution is -0.216. The fraction of sp³-hybridized carbons (Fsp3) is 1.00. The lowest BCUT2D eigenvalue weighted by atomic mass is 9.64. The molecule has 0 aromatic rings. The summed E-state index contributed by atoms with van der Waals surface area (Å²) < 4.78 is 0. The predicted octanol–water partition coefficient (Wildman–Crippen LogP) is 2.09. The van der Waals surface area contributed by atoms with Crippen LogP contribution in [0, 0.1) is 0 Å². The summed E-state index contributed by atoms with van der Waals surface area (Å²) in [5.41, 5.74) is 0. The van der Waals surface area contributed by atoms with Crippen LogP contribution in [0.5, 0.6) is 0 Å². The molecule has 0 aliphatic carbocycles. The van der Waals surface area contributed by atoms with Gasteiger partial charge in [0.1, 0.15) is 7.28 Å². The van der Waals surface area contributed by atoms with Gasteiger partial charge in [-0.3, -0.25) is 4.89 Å². The molecule has 0 aromatic carbocycles. The first-order valence-electron chi connectivity index (χ1n) is 4.92. The van der Waals surface area contributed by atoms with Crippen molar-refractivity contribution in [2.45, 2.75) is 44.6 Å². The maximum absolute atomic E-state index is 4.51. The molecule has 4 heteroatoms. The predicted molar refractivity (Wildman–Crippen MR) is 51.4 cm³/mol. The van der Waals surface area contributed by atoms with Gasteiger partial charge in [0, 0.05) is 0 Å². The molecule has 66 valence electrons. The molecule has 2 fully saturated rings. The Morgan fingerprint density at radius 1 is 0.833 bits per heavy atom. The zero-order chi connectivity index (χ0) is 8.49. The summed E-state index contributed by atoms with van der Waals surface area (Å²) in [6.07, 6.45) is 9.23. The fourth-order valence-corrected chi connectivity index (χ4v) is 1.27. The quantitative estimate of drug-likeness (QED) is 0.405. The van der Waals surface area contributed by atoms with Crippen molar-refractivity contribution >= 4 is 14.8 Å². The van der Waals surface area contributed by atoms with E-state index in [0.717, 1.165) is 19.3 Å². The first-order chi connectivity index (χ1) is 6.00. The zero-order valence-corrected chi connectivity index (χ0v) is 7.63. The van der Waals surface area contributed by atoms with Crippen LogP contribution >= 0.6 is 0 Å². The van der Waals surface area contributed by atoms with Gasteiger partial charge in [0.25, 0.3) is 0 Å². The molecule has 2 nitrogen and oxygen atoms in total. The van der Waals surface area contributed by atoms with Crippen LogP contribution in [0.3, 0.4) is 0 Å². The molecule has 0 saturated carbocycles. The maximum atomic E-state index is 4.51. The molecule has 2 aliphatic rings. The van der Waals surface area contributed by atoms with E-state index in [4.69, 9.17) is 0 Å². The molecule has 0 atom stereocenters. The highest BCUT2D eigenvalue weighted by Gasteiger charge is 1.99. The van der Waals surface area contributed by atoms with Crippen LogP contribution in [0.1, 0.15) is 25.7 Å². The van der Waals surface area contributed by atoms with Gasteiger partial charge in [-0.05, 0) is 12.7 Å². The SMILES string of the molecule is [B]1CCCCC1.[B]1CCCOO1. The Labute approximate surface area is 76.5 Å². The van der Waals surface area contributed by atoms with E-state index in [2.05, 4.69) is 17.0 Å². The molecule has 2 saturated heterocycles. The van der Waals surface area contributed by atoms with Crippen molar-refractivity contribution < 1.29 is 9.69 Å². The number of hydrogen-bond acceptors (Lipinski definition) is 2. The molecular weight excluding hydrogens is 150 g/mol. The van der Waals surface area contributed by atoms with Gasteiger partial charge >= 0.3 is 7.48 Å². The number of hydrogen-bond donors (Lipinski definition) is 0. The minimum Gasteiger partial charge on any atom is -0.311 e. The summed E-state index contributed by atoms with van der Waals surface area (Å²) in [7, 11) is 4.06. The van der Waals surface area contributed by atoms with E-state index in [1.165, 1.54) is 31.9 Å². The zero-order valence-electron chi connectivity index (χ0n) is 7.63. The summed E-state index contributed by atoms with van der Waals surface area (Å²) >= 11 is 0. The maximum Gasteiger partial charge on any atom is 0.344 e. The summed E-state index contributed by atoms with van der Waals surface area (Å²) in [5, 5.41) is 0. The topological polar surface area (TPSA) is 18.5 Å². The summed E-state index contributed by atoms with van der Waals surface area (Å²) in [6, 6.07) is 0. The van der Waals surface area contributed by atoms with Crippen molar-refractivity contribution in [1.29, 1.82) is 0 Å². The summed E-state index contributed by atoms with van der Waals surface area (Å²) in [4.78, 5) is 8.96. The van der Waals surface area contributed by atoms with E-state index < -0.39 is 0 Å². The van der Waals surface area contributed by atoms with E-state index >= 15 is 0 Å². The van der Waals surface area contributed by atoms with Gasteiger partial charge in [-0.1, -0.05) is 31.9 Å². The highest BCUT2D eigenvalue weighted by molar-refractivity contribution is 6.35. The van der Waals surface area contributed by atoms with Crippen molar-refractivity contribution in [3.63, 3.8) is 0 Å². The van der Waals surface area contributed by atoms with Crippen LogP contribution in [0.15, 0.2) is 0 Å². The summed E-state index contributed by atoms with van der Waals surface area (Å²) in [6.45, 7) is 0.747. The van der Waals surface area contributed by atoms with Gasteiger partial charge < -0.3 is 4.81 Å². The van der Waals surface area contributed by atoms with E-state index in [0.29, 0.717) is 0 Å². The third-order valence-electron chi connectivity index (χ3n) is 2.00. The molecule has 2 aliphatic heterocycles. The van der Waals surface area contributed by atoms with E-state index in [9.17, 15) is 0 Å². The third kappa shape index (κ3) is 5.67. The molecule has 2 radical (unpaired) electrons. The van der Waals surface area contributed by atoms with E-state index in [1.807, 2.05) is 0 Å². The van der Waals surface area contributed by atoms with Crippen molar-refractivity contribution in [3.8, 4) is 0 Å². The van der Waals surface area contributed by atoms with Crippen LogP contribution in [0.2, 0.25) is 19.0 Å². The minimum atomic E-state index is 0.747. The van der Waals surface area contributed by atoms with Gasteiger partial charge in [0.15, 0.2) is 0 Å². The van der Waals surface area contributed by atoms with Crippen molar-refractivity contribution in [1.82, 2.24) is 0 Å². The Bertz CT molecular complexity index is 58.0. The van der Waals surface area contributed by atoms with Crippen molar-refractivity contribution in [3.05, 3.63) is 0 Å². The minimum absolute atomic E-state index is 0.747. The molecule has 12 heavy (non-hydrogen) atoms. The van der Waals surface area contributed by atoms with Gasteiger partial charge in [0.05, 0.1) is 6.61 Å². The average Bonchev–Trinajstić information content (AvgIpc) is 2.24. The van der Waals surface area contributed by atoms with Crippen LogP contribution in [0.4, 0.5) is 0 Å². The van der Waals surface area contributed by atoms with Gasteiger partial charge in [-0.15, -0.1) is 0 Å². The van der Waals surface area contributed by atoms with Gasteiger partial charge in [0.2, 0.25) is 0 Å². The van der Waals surface area contributed by atoms with E-state index in [1.54, 1.807) is 7.48 Å². The largest absolute Gasteiger partial charge is 0.344 e. The monoisotopic (exact) mass is 166 g/mol. The second-order valence-electron chi connectivity index (χ2n) is 3.15. The molecule has 2 rings (SSSR count). The van der Waals surface area contributed by atoms with Crippen LogP contribution in [0.25, 0.3) is 0 Å². The van der Waals surface area contributed by atoms with Crippen molar-refractivity contribution in [2.24, 2.45) is 0 Å². The summed E-state index contributed by atoms with van der Waals surface area (Å²) in [5.74, 6) is 0. The van der Waals surface area contributed by atoms with Crippen LogP contribution in [-0.4, -0.2) is 21.4 Å². The highest BCUT2D eigenvalue weighted by Crippen LogP contribution is 2.10. The highest BCUT2D eigenvalue weighted by atomic mass is 17.2. The van der Waals surface area contributed by atoms with E-state index in [-0.39, 0.29) is 0 Å². The fourth-order valence-electron chi connectivity index (χ4n) is 1.27. The first-order valence-corrected chi connectivity index (χ1v) is 4.92. The van der Waals surface area contributed by atoms with Crippen molar-refractivity contribution in [2.75, 3.05) is 6.61 Å². The Morgan fingerprint density at radius 2 is 1.67 bits per heavy atom. The molecule has 2 heterocycles. The van der Waals surface area contributed by atoms with Crippen LogP contribution < -0.4 is 0 Å².